The number of rotatable bonds is 8. The topological polar surface area (TPSA) is 122 Å². The van der Waals surface area contributed by atoms with E-state index in [-0.39, 0.29) is 5.91 Å². The third kappa shape index (κ3) is 6.58. The lowest BCUT2D eigenvalue weighted by molar-refractivity contribution is -0.131. The second-order valence-corrected chi connectivity index (χ2v) is 7.58. The molecule has 0 radical (unpaired) electrons. The van der Waals surface area contributed by atoms with Gasteiger partial charge < -0.3 is 20.3 Å². The number of nitrogens with zero attached hydrogens (tertiary/aromatic N) is 1. The molecule has 1 heterocycles. The molecular weight excluding hydrogens is 418 g/mol. The fraction of sp³-hybridized carbons (Fsp3) is 0.0909. The minimum atomic E-state index is -1.20. The summed E-state index contributed by atoms with van der Waals surface area (Å²) < 4.78 is 5.00. The van der Waals surface area contributed by atoms with E-state index >= 15 is 0 Å². The molecule has 0 fully saturated rings. The average Bonchev–Trinajstić information content (AvgIpc) is 3.16. The number of aromatic nitrogens is 1. The molecule has 9 heteroatoms. The number of aliphatic carboxylic acids is 1. The fourth-order valence-corrected chi connectivity index (χ4v) is 3.63. The van der Waals surface area contributed by atoms with Crippen LogP contribution in [0, 0.1) is 6.92 Å². The van der Waals surface area contributed by atoms with Crippen LogP contribution in [0.5, 0.6) is 0 Å². The van der Waals surface area contributed by atoms with Crippen LogP contribution in [0.2, 0.25) is 0 Å². The second kappa shape index (κ2) is 10.3. The monoisotopic (exact) mass is 437 g/mol. The van der Waals surface area contributed by atoms with Crippen molar-refractivity contribution in [3.63, 3.8) is 0 Å². The SMILES string of the molecule is Cc1cc(NC(=O)[C@H](Sc2ccc(NC(=O)/C=C/C(=O)O)cc2)c2ccccc2)no1. The average molecular weight is 437 g/mol. The number of carboxylic acids is 1. The quantitative estimate of drug-likeness (QED) is 0.359. The molecule has 0 aliphatic heterocycles. The van der Waals surface area contributed by atoms with Gasteiger partial charge in [0.2, 0.25) is 11.8 Å². The normalized spacial score (nSPS) is 11.8. The molecule has 0 saturated heterocycles. The molecule has 0 bridgehead atoms. The first kappa shape index (κ1) is 21.8. The maximum Gasteiger partial charge on any atom is 0.328 e. The van der Waals surface area contributed by atoms with Crippen LogP contribution in [0.25, 0.3) is 0 Å². The smallest absolute Gasteiger partial charge is 0.328 e. The van der Waals surface area contributed by atoms with Crippen LogP contribution in [0.15, 0.2) is 82.2 Å². The number of carboxylic acid groups (broad SMARTS) is 1. The Labute approximate surface area is 182 Å². The molecule has 2 amide bonds. The van der Waals surface area contributed by atoms with Gasteiger partial charge in [-0.25, -0.2) is 4.79 Å². The van der Waals surface area contributed by atoms with Gasteiger partial charge in [0.1, 0.15) is 11.0 Å². The van der Waals surface area contributed by atoms with E-state index in [0.717, 1.165) is 22.6 Å². The molecule has 0 saturated carbocycles. The van der Waals surface area contributed by atoms with E-state index in [1.54, 1.807) is 37.3 Å². The molecular formula is C22H19N3O5S. The van der Waals surface area contributed by atoms with Crippen LogP contribution in [-0.4, -0.2) is 28.0 Å². The van der Waals surface area contributed by atoms with Gasteiger partial charge in [-0.3, -0.25) is 9.59 Å². The fourth-order valence-electron chi connectivity index (χ4n) is 2.60. The Morgan fingerprint density at radius 3 is 2.35 bits per heavy atom. The Hall–Kier alpha value is -3.85. The summed E-state index contributed by atoms with van der Waals surface area (Å²) in [5, 5.41) is 17.2. The predicted molar refractivity (Wildman–Crippen MR) is 117 cm³/mol. The van der Waals surface area contributed by atoms with Crippen molar-refractivity contribution in [2.45, 2.75) is 17.1 Å². The Balaban J connectivity index is 1.72. The molecule has 1 aromatic heterocycles. The molecule has 3 rings (SSSR count). The summed E-state index contributed by atoms with van der Waals surface area (Å²) in [5.74, 6) is -1.06. The van der Waals surface area contributed by atoms with Crippen molar-refractivity contribution in [2.75, 3.05) is 10.6 Å². The highest BCUT2D eigenvalue weighted by Crippen LogP contribution is 2.36. The molecule has 31 heavy (non-hydrogen) atoms. The predicted octanol–water partition coefficient (Wildman–Crippen LogP) is 4.03. The number of carbonyl (C=O) groups excluding carboxylic acids is 2. The van der Waals surface area contributed by atoms with Crippen molar-refractivity contribution < 1.29 is 24.0 Å². The highest BCUT2D eigenvalue weighted by molar-refractivity contribution is 8.00. The van der Waals surface area contributed by atoms with E-state index in [0.29, 0.717) is 17.3 Å². The van der Waals surface area contributed by atoms with E-state index in [9.17, 15) is 14.4 Å². The number of benzene rings is 2. The van der Waals surface area contributed by atoms with Gasteiger partial charge >= 0.3 is 5.97 Å². The summed E-state index contributed by atoms with van der Waals surface area (Å²) in [7, 11) is 0. The lowest BCUT2D eigenvalue weighted by atomic mass is 10.1. The standard InChI is InChI=1S/C22H19N3O5S/c1-14-13-18(25-30-14)24-22(29)21(15-5-3-2-4-6-15)31-17-9-7-16(8-10-17)23-19(26)11-12-20(27)28/h2-13,21H,1H3,(H,23,26)(H,27,28)(H,24,25,29)/b12-11+/t21-/m1/s1. The van der Waals surface area contributed by atoms with Crippen molar-refractivity contribution >= 4 is 41.1 Å². The van der Waals surface area contributed by atoms with Crippen molar-refractivity contribution in [1.29, 1.82) is 0 Å². The Kier molecular flexibility index (Phi) is 7.23. The van der Waals surface area contributed by atoms with Crippen molar-refractivity contribution in [1.82, 2.24) is 5.16 Å². The molecule has 3 aromatic rings. The van der Waals surface area contributed by atoms with Crippen LogP contribution < -0.4 is 10.6 Å². The number of thioether (sulfide) groups is 1. The van der Waals surface area contributed by atoms with Crippen LogP contribution in [0.1, 0.15) is 16.6 Å². The molecule has 0 aliphatic rings. The molecule has 1 atom stereocenters. The zero-order valence-corrected chi connectivity index (χ0v) is 17.3. The van der Waals surface area contributed by atoms with Gasteiger partial charge in [-0.1, -0.05) is 35.5 Å². The summed E-state index contributed by atoms with van der Waals surface area (Å²) in [4.78, 5) is 35.9. The summed E-state index contributed by atoms with van der Waals surface area (Å²) >= 11 is 1.34. The van der Waals surface area contributed by atoms with Gasteiger partial charge in [-0.05, 0) is 36.8 Å². The minimum absolute atomic E-state index is 0.249. The number of hydrogen-bond acceptors (Lipinski definition) is 6. The summed E-state index contributed by atoms with van der Waals surface area (Å²) in [5.41, 5.74) is 1.32. The maximum atomic E-state index is 12.9. The zero-order valence-electron chi connectivity index (χ0n) is 16.4. The van der Waals surface area contributed by atoms with E-state index in [1.807, 2.05) is 30.3 Å². The maximum absolute atomic E-state index is 12.9. The van der Waals surface area contributed by atoms with E-state index in [4.69, 9.17) is 9.63 Å². The van der Waals surface area contributed by atoms with Crippen LogP contribution in [-0.2, 0) is 14.4 Å². The zero-order chi connectivity index (χ0) is 22.2. The third-order valence-electron chi connectivity index (χ3n) is 3.97. The van der Waals surface area contributed by atoms with Gasteiger partial charge in [-0.2, -0.15) is 0 Å². The van der Waals surface area contributed by atoms with Crippen molar-refractivity contribution in [3.05, 3.63) is 84.1 Å². The molecule has 0 aliphatic carbocycles. The van der Waals surface area contributed by atoms with Crippen LogP contribution >= 0.6 is 11.8 Å². The largest absolute Gasteiger partial charge is 0.478 e. The summed E-state index contributed by atoms with van der Waals surface area (Å²) in [6.45, 7) is 1.74. The highest BCUT2D eigenvalue weighted by Gasteiger charge is 2.23. The van der Waals surface area contributed by atoms with Crippen molar-refractivity contribution in [3.8, 4) is 0 Å². The second-order valence-electron chi connectivity index (χ2n) is 6.41. The first-order chi connectivity index (χ1) is 14.9. The third-order valence-corrected chi connectivity index (χ3v) is 5.24. The van der Waals surface area contributed by atoms with Gasteiger partial charge in [0.05, 0.1) is 0 Å². The van der Waals surface area contributed by atoms with Crippen molar-refractivity contribution in [2.24, 2.45) is 0 Å². The lowest BCUT2D eigenvalue weighted by Crippen LogP contribution is -2.19. The van der Waals surface area contributed by atoms with Gasteiger partial charge in [0.15, 0.2) is 5.82 Å². The molecule has 3 N–H and O–H groups in total. The Bertz CT molecular complexity index is 1090. The van der Waals surface area contributed by atoms with Crippen LogP contribution in [0.4, 0.5) is 11.5 Å². The molecule has 8 nitrogen and oxygen atoms in total. The summed E-state index contributed by atoms with van der Waals surface area (Å²) in [6.07, 6.45) is 1.70. The molecule has 158 valence electrons. The summed E-state index contributed by atoms with van der Waals surface area (Å²) in [6, 6.07) is 17.9. The number of amides is 2. The first-order valence-corrected chi connectivity index (χ1v) is 10.1. The number of nitrogens with one attached hydrogen (secondary N) is 2. The molecule has 2 aromatic carbocycles. The lowest BCUT2D eigenvalue weighted by Gasteiger charge is -2.16. The number of aryl methyl sites for hydroxylation is 1. The van der Waals surface area contributed by atoms with Gasteiger partial charge in [0.25, 0.3) is 0 Å². The Morgan fingerprint density at radius 2 is 1.74 bits per heavy atom. The first-order valence-electron chi connectivity index (χ1n) is 9.18. The van der Waals surface area contributed by atoms with E-state index < -0.39 is 17.1 Å². The molecule has 0 spiro atoms. The van der Waals surface area contributed by atoms with E-state index in [1.165, 1.54) is 11.8 Å². The number of hydrogen-bond donors (Lipinski definition) is 3. The Morgan fingerprint density at radius 1 is 1.03 bits per heavy atom. The highest BCUT2D eigenvalue weighted by atomic mass is 32.2. The van der Waals surface area contributed by atoms with Crippen LogP contribution in [0.3, 0.4) is 0 Å². The number of anilines is 2. The molecule has 0 unspecified atom stereocenters. The van der Waals surface area contributed by atoms with Gasteiger partial charge in [0, 0.05) is 28.8 Å². The minimum Gasteiger partial charge on any atom is -0.478 e. The van der Waals surface area contributed by atoms with Gasteiger partial charge in [-0.15, -0.1) is 11.8 Å². The van der Waals surface area contributed by atoms with E-state index in [2.05, 4.69) is 15.8 Å². The number of carbonyl (C=O) groups is 3.